The summed E-state index contributed by atoms with van der Waals surface area (Å²) in [5.74, 6) is 1.15. The maximum atomic E-state index is 12.9. The van der Waals surface area contributed by atoms with Crippen molar-refractivity contribution in [1.82, 2.24) is 4.90 Å². The number of nitrogens with zero attached hydrogens (tertiary/aromatic N) is 1. The van der Waals surface area contributed by atoms with E-state index >= 15 is 0 Å². The van der Waals surface area contributed by atoms with E-state index in [0.29, 0.717) is 32.0 Å². The summed E-state index contributed by atoms with van der Waals surface area (Å²) in [7, 11) is 1.51. The van der Waals surface area contributed by atoms with E-state index in [2.05, 4.69) is 0 Å². The number of amides is 2. The van der Waals surface area contributed by atoms with Crippen LogP contribution in [-0.4, -0.2) is 36.3 Å². The van der Waals surface area contributed by atoms with Crippen LogP contribution in [0.3, 0.4) is 0 Å². The van der Waals surface area contributed by atoms with Crippen LogP contribution in [0.2, 0.25) is 10.0 Å². The Balaban J connectivity index is 1.44. The van der Waals surface area contributed by atoms with E-state index < -0.39 is 0 Å². The van der Waals surface area contributed by atoms with Crippen LogP contribution in [0.5, 0.6) is 17.2 Å². The molecule has 0 aliphatic carbocycles. The van der Waals surface area contributed by atoms with E-state index in [9.17, 15) is 9.59 Å². The van der Waals surface area contributed by atoms with Crippen molar-refractivity contribution < 1.29 is 23.8 Å². The molecule has 9 heteroatoms. The fraction of sp³-hybridized carbons (Fsp3) is 0.214. The van der Waals surface area contributed by atoms with Crippen molar-refractivity contribution in [3.63, 3.8) is 0 Å². The first-order chi connectivity index (χ1) is 17.7. The molecule has 1 fully saturated rings. The molecule has 0 spiro atoms. The minimum absolute atomic E-state index is 0.150. The summed E-state index contributed by atoms with van der Waals surface area (Å²) in [5, 5.41) is 0.615. The van der Waals surface area contributed by atoms with Crippen molar-refractivity contribution in [1.29, 1.82) is 0 Å². The Morgan fingerprint density at radius 3 is 2.43 bits per heavy atom. The highest BCUT2D eigenvalue weighted by Gasteiger charge is 2.35. The van der Waals surface area contributed by atoms with E-state index in [1.165, 1.54) is 12.0 Å². The lowest BCUT2D eigenvalue weighted by Gasteiger charge is -2.15. The predicted octanol–water partition coefficient (Wildman–Crippen LogP) is 7.31. The van der Waals surface area contributed by atoms with Gasteiger partial charge in [0.25, 0.3) is 11.1 Å². The summed E-state index contributed by atoms with van der Waals surface area (Å²) in [6.45, 7) is 4.56. The molecule has 0 radical (unpaired) electrons. The van der Waals surface area contributed by atoms with E-state index in [-0.39, 0.29) is 30.9 Å². The van der Waals surface area contributed by atoms with Crippen LogP contribution in [0.25, 0.3) is 6.08 Å². The lowest BCUT2D eigenvalue weighted by atomic mass is 10.1. The van der Waals surface area contributed by atoms with Crippen LogP contribution in [0.4, 0.5) is 4.79 Å². The summed E-state index contributed by atoms with van der Waals surface area (Å²) in [5.41, 5.74) is 3.59. The molecule has 6 nitrogen and oxygen atoms in total. The average Bonchev–Trinajstić information content (AvgIpc) is 3.13. The SMILES string of the molecule is COc1cc(/C=C2\SC(=O)N(CCOc3cc(C)ccc3C)C2=O)cc(Cl)c1OCc1ccc(Cl)cc1. The summed E-state index contributed by atoms with van der Waals surface area (Å²) >= 11 is 13.3. The Hall–Kier alpha value is -3.13. The quantitative estimate of drug-likeness (QED) is 0.257. The number of aryl methyl sites for hydroxylation is 2. The molecule has 0 N–H and O–H groups in total. The van der Waals surface area contributed by atoms with Crippen LogP contribution in [0, 0.1) is 13.8 Å². The first-order valence-corrected chi connectivity index (χ1v) is 13.0. The number of halogens is 2. The standard InChI is InChI=1S/C28H25Cl2NO5S/c1-17-4-5-18(2)23(12-17)35-11-10-31-27(32)25(37-28(31)33)15-20-13-22(30)26(24(14-20)34-3)36-16-19-6-8-21(29)9-7-19/h4-9,12-15H,10-11,16H2,1-3H3/b25-15-. The smallest absolute Gasteiger partial charge is 0.293 e. The summed E-state index contributed by atoms with van der Waals surface area (Å²) in [6, 6.07) is 16.6. The third kappa shape index (κ3) is 6.60. The van der Waals surface area contributed by atoms with Gasteiger partial charge in [0.15, 0.2) is 11.5 Å². The molecule has 37 heavy (non-hydrogen) atoms. The van der Waals surface area contributed by atoms with Gasteiger partial charge >= 0.3 is 0 Å². The van der Waals surface area contributed by atoms with E-state index in [1.54, 1.807) is 30.3 Å². The molecule has 3 aromatic rings. The van der Waals surface area contributed by atoms with Crippen molar-refractivity contribution in [3.05, 3.63) is 91.8 Å². The molecule has 4 rings (SSSR count). The molecule has 1 aliphatic rings. The molecular formula is C28H25Cl2NO5S. The highest BCUT2D eigenvalue weighted by molar-refractivity contribution is 8.18. The fourth-order valence-corrected chi connectivity index (χ4v) is 4.92. The van der Waals surface area contributed by atoms with Crippen LogP contribution in [-0.2, 0) is 11.4 Å². The molecule has 2 amide bonds. The number of methoxy groups -OCH3 is 1. The van der Waals surface area contributed by atoms with Crippen molar-refractivity contribution in [2.75, 3.05) is 20.3 Å². The van der Waals surface area contributed by atoms with Gasteiger partial charge in [0.1, 0.15) is 19.0 Å². The van der Waals surface area contributed by atoms with Gasteiger partial charge in [-0.3, -0.25) is 14.5 Å². The first kappa shape index (κ1) is 26.9. The average molecular weight is 558 g/mol. The molecule has 192 valence electrons. The van der Waals surface area contributed by atoms with Crippen molar-refractivity contribution in [3.8, 4) is 17.2 Å². The van der Waals surface area contributed by atoms with Gasteiger partial charge in [-0.1, -0.05) is 47.5 Å². The molecule has 0 saturated carbocycles. The normalized spacial score (nSPS) is 14.4. The first-order valence-electron chi connectivity index (χ1n) is 11.5. The number of hydrogen-bond acceptors (Lipinski definition) is 6. The van der Waals surface area contributed by atoms with Gasteiger partial charge in [-0.15, -0.1) is 0 Å². The highest BCUT2D eigenvalue weighted by Crippen LogP contribution is 2.39. The lowest BCUT2D eigenvalue weighted by molar-refractivity contribution is -0.123. The zero-order valence-corrected chi connectivity index (χ0v) is 22.9. The lowest BCUT2D eigenvalue weighted by Crippen LogP contribution is -2.32. The predicted molar refractivity (Wildman–Crippen MR) is 148 cm³/mol. The van der Waals surface area contributed by atoms with Crippen LogP contribution < -0.4 is 14.2 Å². The van der Waals surface area contributed by atoms with Gasteiger partial charge in [-0.25, -0.2) is 0 Å². The Morgan fingerprint density at radius 1 is 0.946 bits per heavy atom. The van der Waals surface area contributed by atoms with Crippen LogP contribution >= 0.6 is 35.0 Å². The zero-order chi connectivity index (χ0) is 26.5. The second kappa shape index (κ2) is 11.9. The molecule has 0 atom stereocenters. The number of carbonyl (C=O) groups excluding carboxylic acids is 2. The minimum Gasteiger partial charge on any atom is -0.493 e. The third-order valence-corrected chi connectivity index (χ3v) is 7.08. The number of rotatable bonds is 9. The highest BCUT2D eigenvalue weighted by atomic mass is 35.5. The van der Waals surface area contributed by atoms with Crippen molar-refractivity contribution >= 4 is 52.2 Å². The van der Waals surface area contributed by atoms with Gasteiger partial charge < -0.3 is 14.2 Å². The number of hydrogen-bond donors (Lipinski definition) is 0. The molecule has 1 heterocycles. The molecule has 0 unspecified atom stereocenters. The van der Waals surface area contributed by atoms with Gasteiger partial charge in [0.05, 0.1) is 23.6 Å². The summed E-state index contributed by atoms with van der Waals surface area (Å²) < 4.78 is 17.2. The number of carbonyl (C=O) groups is 2. The third-order valence-electron chi connectivity index (χ3n) is 5.64. The van der Waals surface area contributed by atoms with Crippen molar-refractivity contribution in [2.45, 2.75) is 20.5 Å². The van der Waals surface area contributed by atoms with Crippen molar-refractivity contribution in [2.24, 2.45) is 0 Å². The number of benzene rings is 3. The van der Waals surface area contributed by atoms with E-state index in [4.69, 9.17) is 37.4 Å². The second-order valence-electron chi connectivity index (χ2n) is 8.40. The maximum Gasteiger partial charge on any atom is 0.293 e. The molecule has 3 aromatic carbocycles. The molecule has 0 aromatic heterocycles. The summed E-state index contributed by atoms with van der Waals surface area (Å²) in [6.07, 6.45) is 1.62. The topological polar surface area (TPSA) is 65.1 Å². The largest absolute Gasteiger partial charge is 0.493 e. The van der Waals surface area contributed by atoms with Gasteiger partial charge in [-0.2, -0.15) is 0 Å². The maximum absolute atomic E-state index is 12.9. The Morgan fingerprint density at radius 2 is 1.70 bits per heavy atom. The molecule has 1 saturated heterocycles. The summed E-state index contributed by atoms with van der Waals surface area (Å²) in [4.78, 5) is 26.9. The van der Waals surface area contributed by atoms with Gasteiger partial charge in [0.2, 0.25) is 0 Å². The van der Waals surface area contributed by atoms with E-state index in [0.717, 1.165) is 34.2 Å². The van der Waals surface area contributed by atoms with E-state index in [1.807, 2.05) is 44.2 Å². The molecule has 0 bridgehead atoms. The zero-order valence-electron chi connectivity index (χ0n) is 20.5. The number of imide groups is 1. The Labute approximate surface area is 230 Å². The fourth-order valence-electron chi connectivity index (χ4n) is 3.65. The van der Waals surface area contributed by atoms with Gasteiger partial charge in [0, 0.05) is 5.02 Å². The second-order valence-corrected chi connectivity index (χ2v) is 10.2. The minimum atomic E-state index is -0.377. The number of ether oxygens (including phenoxy) is 3. The number of thioether (sulfide) groups is 1. The van der Waals surface area contributed by atoms with Gasteiger partial charge in [-0.05, 0) is 84.3 Å². The van der Waals surface area contributed by atoms with Crippen LogP contribution in [0.1, 0.15) is 22.3 Å². The van der Waals surface area contributed by atoms with Crippen LogP contribution in [0.15, 0.2) is 59.5 Å². The Bertz CT molecular complexity index is 1360. The molecular weight excluding hydrogens is 533 g/mol. The monoisotopic (exact) mass is 557 g/mol. The Kier molecular flexibility index (Phi) is 8.69. The molecule has 1 aliphatic heterocycles.